The summed E-state index contributed by atoms with van der Waals surface area (Å²) in [6, 6.07) is 1.89. The zero-order valence-electron chi connectivity index (χ0n) is 12.9. The van der Waals surface area contributed by atoms with E-state index in [1.165, 1.54) is 0 Å². The Morgan fingerprint density at radius 1 is 1.48 bits per heavy atom. The van der Waals surface area contributed by atoms with Crippen LogP contribution >= 0.6 is 0 Å². The topological polar surface area (TPSA) is 71.8 Å². The van der Waals surface area contributed by atoms with Gasteiger partial charge in [0.15, 0.2) is 0 Å². The number of nitrogens with one attached hydrogen (secondary N) is 1. The maximum Gasteiger partial charge on any atom is 0.410 e. The number of nitrogens with zero attached hydrogens (tertiary/aromatic N) is 4. The molecule has 1 N–H and O–H groups in total. The second kappa shape index (κ2) is 6.60. The molecule has 1 aromatic heterocycles. The van der Waals surface area contributed by atoms with Crippen molar-refractivity contribution in [1.82, 2.24) is 20.0 Å². The minimum absolute atomic E-state index is 0.288. The fourth-order valence-corrected chi connectivity index (χ4v) is 1.96. The Morgan fingerprint density at radius 2 is 2.29 bits per heavy atom. The zero-order chi connectivity index (χ0) is 15.3. The van der Waals surface area contributed by atoms with Gasteiger partial charge in [-0.1, -0.05) is 0 Å². The molecule has 0 saturated carbocycles. The van der Waals surface area contributed by atoms with Crippen LogP contribution in [0.3, 0.4) is 0 Å². The van der Waals surface area contributed by atoms with E-state index in [1.807, 2.05) is 37.7 Å². The first kappa shape index (κ1) is 15.3. The highest BCUT2D eigenvalue weighted by molar-refractivity contribution is 5.87. The molecule has 0 atom stereocenters. The van der Waals surface area contributed by atoms with Gasteiger partial charge in [-0.25, -0.2) is 4.79 Å². The largest absolute Gasteiger partial charge is 0.444 e. The van der Waals surface area contributed by atoms with E-state index in [-0.39, 0.29) is 6.09 Å². The third kappa shape index (κ3) is 5.09. The lowest BCUT2D eigenvalue weighted by molar-refractivity contribution is 0.0276. The first-order chi connectivity index (χ1) is 9.94. The molecular weight excluding hydrogens is 270 g/mol. The van der Waals surface area contributed by atoms with E-state index >= 15 is 0 Å². The Labute approximate surface area is 125 Å². The van der Waals surface area contributed by atoms with Crippen LogP contribution in [0.15, 0.2) is 23.5 Å². The molecular formula is C14H23N5O2. The number of aliphatic imine (C=N–C) groups is 1. The summed E-state index contributed by atoms with van der Waals surface area (Å²) in [4.78, 5) is 18.1. The van der Waals surface area contributed by atoms with Crippen LogP contribution in [-0.4, -0.2) is 58.4 Å². The molecule has 21 heavy (non-hydrogen) atoms. The standard InChI is InChI=1S/C14H23N5O2/c1-14(2,3)21-13(20)18-9-6-15-12(11-18)16-7-10-19-8-4-5-17-19/h4-5,8H,6-7,9-11H2,1-3H3,(H,15,16). The van der Waals surface area contributed by atoms with Gasteiger partial charge >= 0.3 is 6.09 Å². The monoisotopic (exact) mass is 293 g/mol. The van der Waals surface area contributed by atoms with Crippen molar-refractivity contribution in [3.8, 4) is 0 Å². The molecule has 1 aliphatic rings. The zero-order valence-corrected chi connectivity index (χ0v) is 12.9. The summed E-state index contributed by atoms with van der Waals surface area (Å²) in [6.07, 6.45) is 3.38. The minimum Gasteiger partial charge on any atom is -0.444 e. The minimum atomic E-state index is -0.473. The number of aromatic nitrogens is 2. The maximum atomic E-state index is 12.0. The number of carbonyl (C=O) groups is 1. The van der Waals surface area contributed by atoms with E-state index < -0.39 is 5.60 Å². The Balaban J connectivity index is 1.77. The predicted molar refractivity (Wildman–Crippen MR) is 80.3 cm³/mol. The molecule has 7 heteroatoms. The van der Waals surface area contributed by atoms with E-state index in [9.17, 15) is 4.79 Å². The average molecular weight is 293 g/mol. The summed E-state index contributed by atoms with van der Waals surface area (Å²) in [6.45, 7) is 8.75. The molecule has 1 aliphatic heterocycles. The molecule has 0 saturated heterocycles. The smallest absolute Gasteiger partial charge is 0.410 e. The predicted octanol–water partition coefficient (Wildman–Crippen LogP) is 1.12. The number of hydrogen-bond donors (Lipinski definition) is 1. The molecule has 0 bridgehead atoms. The third-order valence-corrected chi connectivity index (χ3v) is 2.89. The number of rotatable bonds is 3. The van der Waals surface area contributed by atoms with Gasteiger partial charge in [0.2, 0.25) is 0 Å². The van der Waals surface area contributed by atoms with Gasteiger partial charge < -0.3 is 10.1 Å². The molecule has 2 heterocycles. The summed E-state index contributed by atoms with van der Waals surface area (Å²) >= 11 is 0. The van der Waals surface area contributed by atoms with E-state index in [0.717, 1.165) is 18.9 Å². The van der Waals surface area contributed by atoms with Gasteiger partial charge in [-0.2, -0.15) is 5.10 Å². The molecule has 116 valence electrons. The number of carbonyl (C=O) groups excluding carboxylic acids is 1. The van der Waals surface area contributed by atoms with E-state index in [4.69, 9.17) is 4.74 Å². The molecule has 1 aromatic rings. The summed E-state index contributed by atoms with van der Waals surface area (Å²) in [5.41, 5.74) is -0.473. The van der Waals surface area contributed by atoms with Crippen molar-refractivity contribution < 1.29 is 9.53 Å². The van der Waals surface area contributed by atoms with Gasteiger partial charge in [0, 0.05) is 25.5 Å². The van der Waals surface area contributed by atoms with Gasteiger partial charge in [0.05, 0.1) is 19.6 Å². The van der Waals surface area contributed by atoms with E-state index in [0.29, 0.717) is 19.6 Å². The first-order valence-corrected chi connectivity index (χ1v) is 7.16. The first-order valence-electron chi connectivity index (χ1n) is 7.16. The molecule has 0 radical (unpaired) electrons. The number of amidine groups is 1. The summed E-state index contributed by atoms with van der Waals surface area (Å²) < 4.78 is 7.23. The molecule has 0 fully saturated rings. The molecule has 1 amide bonds. The molecule has 7 nitrogen and oxygen atoms in total. The third-order valence-electron chi connectivity index (χ3n) is 2.89. The Kier molecular flexibility index (Phi) is 4.82. The highest BCUT2D eigenvalue weighted by atomic mass is 16.6. The van der Waals surface area contributed by atoms with Crippen molar-refractivity contribution in [2.45, 2.75) is 32.9 Å². The molecule has 0 unspecified atom stereocenters. The molecule has 0 aliphatic carbocycles. The lowest BCUT2D eigenvalue weighted by Gasteiger charge is -2.29. The van der Waals surface area contributed by atoms with Crippen molar-refractivity contribution in [3.63, 3.8) is 0 Å². The van der Waals surface area contributed by atoms with Crippen LogP contribution in [0.25, 0.3) is 0 Å². The Bertz CT molecular complexity index is 490. The average Bonchev–Trinajstić information content (AvgIpc) is 2.90. The van der Waals surface area contributed by atoms with Crippen molar-refractivity contribution in [3.05, 3.63) is 18.5 Å². The second-order valence-electron chi connectivity index (χ2n) is 5.93. The molecule has 0 spiro atoms. The SMILES string of the molecule is CC(C)(C)OC(=O)N1CCN=C(NCCn2cccn2)C1. The van der Waals surface area contributed by atoms with Crippen LogP contribution in [0.4, 0.5) is 4.79 Å². The van der Waals surface area contributed by atoms with Crippen LogP contribution in [0.5, 0.6) is 0 Å². The van der Waals surface area contributed by atoms with Crippen LogP contribution in [0, 0.1) is 0 Å². The maximum absolute atomic E-state index is 12.0. The van der Waals surface area contributed by atoms with Crippen molar-refractivity contribution in [2.24, 2.45) is 4.99 Å². The summed E-state index contributed by atoms with van der Waals surface area (Å²) in [7, 11) is 0. The Hall–Kier alpha value is -2.05. The van der Waals surface area contributed by atoms with Crippen molar-refractivity contribution >= 4 is 11.9 Å². The van der Waals surface area contributed by atoms with E-state index in [1.54, 1.807) is 11.1 Å². The lowest BCUT2D eigenvalue weighted by atomic mass is 10.2. The van der Waals surface area contributed by atoms with Gasteiger partial charge in [0.1, 0.15) is 11.4 Å². The fourth-order valence-electron chi connectivity index (χ4n) is 1.96. The highest BCUT2D eigenvalue weighted by Crippen LogP contribution is 2.10. The lowest BCUT2D eigenvalue weighted by Crippen LogP contribution is -2.47. The normalized spacial score (nSPS) is 15.6. The van der Waals surface area contributed by atoms with Gasteiger partial charge in [-0.15, -0.1) is 0 Å². The summed E-state index contributed by atoms with van der Waals surface area (Å²) in [5.74, 6) is 0.819. The van der Waals surface area contributed by atoms with Crippen molar-refractivity contribution in [1.29, 1.82) is 0 Å². The van der Waals surface area contributed by atoms with Crippen LogP contribution in [0.2, 0.25) is 0 Å². The van der Waals surface area contributed by atoms with Crippen LogP contribution in [0.1, 0.15) is 20.8 Å². The summed E-state index contributed by atoms with van der Waals surface area (Å²) in [5, 5.41) is 7.38. The highest BCUT2D eigenvalue weighted by Gasteiger charge is 2.24. The van der Waals surface area contributed by atoms with Gasteiger partial charge in [-0.3, -0.25) is 14.6 Å². The number of hydrogen-bond acceptors (Lipinski definition) is 5. The molecule has 2 rings (SSSR count). The number of ether oxygens (including phenoxy) is 1. The quantitative estimate of drug-likeness (QED) is 0.906. The molecule has 0 aromatic carbocycles. The van der Waals surface area contributed by atoms with Gasteiger partial charge in [0.25, 0.3) is 0 Å². The van der Waals surface area contributed by atoms with Crippen molar-refractivity contribution in [2.75, 3.05) is 26.2 Å². The Morgan fingerprint density at radius 3 is 2.95 bits per heavy atom. The van der Waals surface area contributed by atoms with E-state index in [2.05, 4.69) is 15.4 Å². The second-order valence-corrected chi connectivity index (χ2v) is 5.93. The van der Waals surface area contributed by atoms with Crippen LogP contribution in [-0.2, 0) is 11.3 Å². The van der Waals surface area contributed by atoms with Gasteiger partial charge in [-0.05, 0) is 26.8 Å². The number of amides is 1. The van der Waals surface area contributed by atoms with Crippen LogP contribution < -0.4 is 5.32 Å². The fraction of sp³-hybridized carbons (Fsp3) is 0.643.